The van der Waals surface area contributed by atoms with Gasteiger partial charge in [0, 0.05) is 6.42 Å². The molecule has 13 heavy (non-hydrogen) atoms. The Kier molecular flexibility index (Phi) is 3.12. The van der Waals surface area contributed by atoms with Gasteiger partial charge in [0.2, 0.25) is 0 Å². The molecule has 66 valence electrons. The van der Waals surface area contributed by atoms with Crippen molar-refractivity contribution < 1.29 is 9.90 Å². The third-order valence-corrected chi connectivity index (χ3v) is 1.97. The molecule has 0 saturated heterocycles. The predicted octanol–water partition coefficient (Wildman–Crippen LogP) is 0.806. The van der Waals surface area contributed by atoms with Gasteiger partial charge in [-0.1, -0.05) is 29.2 Å². The van der Waals surface area contributed by atoms with Crippen molar-refractivity contribution in [3.8, 4) is 0 Å². The van der Waals surface area contributed by atoms with Crippen LogP contribution in [0.1, 0.15) is 17.5 Å². The lowest BCUT2D eigenvalue weighted by Crippen LogP contribution is -2.08. The number of hydrogen-bond donors (Lipinski definition) is 1. The SMILES string of the molecule is [B]c1cc(CCC(=O)O)ccc1C. The lowest BCUT2D eigenvalue weighted by Gasteiger charge is -2.03. The molecule has 0 aliphatic heterocycles. The summed E-state index contributed by atoms with van der Waals surface area (Å²) in [5.41, 5.74) is 2.73. The zero-order chi connectivity index (χ0) is 9.84. The van der Waals surface area contributed by atoms with E-state index in [9.17, 15) is 4.79 Å². The minimum Gasteiger partial charge on any atom is -0.481 e. The number of benzene rings is 1. The molecule has 2 nitrogen and oxygen atoms in total. The third kappa shape index (κ3) is 2.94. The first-order valence-electron chi connectivity index (χ1n) is 4.16. The van der Waals surface area contributed by atoms with Crippen molar-refractivity contribution in [3.05, 3.63) is 29.3 Å². The van der Waals surface area contributed by atoms with Crippen molar-refractivity contribution in [3.63, 3.8) is 0 Å². The highest BCUT2D eigenvalue weighted by Crippen LogP contribution is 2.03. The summed E-state index contributed by atoms with van der Waals surface area (Å²) in [6.45, 7) is 1.93. The quantitative estimate of drug-likeness (QED) is 0.688. The van der Waals surface area contributed by atoms with Crippen molar-refractivity contribution in [2.24, 2.45) is 0 Å². The molecule has 1 aromatic rings. The standard InChI is InChI=1S/C10H11BO2/c1-7-2-3-8(6-9(7)11)4-5-10(12)13/h2-3,6H,4-5H2,1H3,(H,12,13). The van der Waals surface area contributed by atoms with E-state index in [1.807, 2.05) is 25.1 Å². The summed E-state index contributed by atoms with van der Waals surface area (Å²) < 4.78 is 0. The maximum Gasteiger partial charge on any atom is 0.303 e. The second kappa shape index (κ2) is 4.12. The number of aryl methyl sites for hydroxylation is 2. The van der Waals surface area contributed by atoms with E-state index in [2.05, 4.69) is 0 Å². The molecular weight excluding hydrogens is 163 g/mol. The Morgan fingerprint density at radius 2 is 2.23 bits per heavy atom. The van der Waals surface area contributed by atoms with Gasteiger partial charge in [-0.3, -0.25) is 4.79 Å². The van der Waals surface area contributed by atoms with Crippen LogP contribution in [0.5, 0.6) is 0 Å². The van der Waals surface area contributed by atoms with E-state index in [4.69, 9.17) is 13.0 Å². The average molecular weight is 174 g/mol. The first-order chi connectivity index (χ1) is 6.09. The van der Waals surface area contributed by atoms with Crippen LogP contribution in [-0.2, 0) is 11.2 Å². The summed E-state index contributed by atoms with van der Waals surface area (Å²) >= 11 is 0. The molecule has 0 aliphatic rings. The van der Waals surface area contributed by atoms with E-state index in [-0.39, 0.29) is 6.42 Å². The monoisotopic (exact) mass is 174 g/mol. The highest BCUT2D eigenvalue weighted by atomic mass is 16.4. The summed E-state index contributed by atoms with van der Waals surface area (Å²) in [6.07, 6.45) is 0.697. The third-order valence-electron chi connectivity index (χ3n) is 1.97. The Labute approximate surface area is 79.0 Å². The molecular formula is C10H11BO2. The predicted molar refractivity (Wildman–Crippen MR) is 52.5 cm³/mol. The molecule has 2 radical (unpaired) electrons. The summed E-state index contributed by atoms with van der Waals surface area (Å²) in [7, 11) is 5.68. The Morgan fingerprint density at radius 1 is 1.54 bits per heavy atom. The smallest absolute Gasteiger partial charge is 0.303 e. The molecule has 1 N–H and O–H groups in total. The molecule has 0 fully saturated rings. The second-order valence-corrected chi connectivity index (χ2v) is 3.08. The second-order valence-electron chi connectivity index (χ2n) is 3.08. The van der Waals surface area contributed by atoms with Crippen LogP contribution < -0.4 is 5.46 Å². The van der Waals surface area contributed by atoms with Crippen LogP contribution in [0.15, 0.2) is 18.2 Å². The molecule has 1 rings (SSSR count). The van der Waals surface area contributed by atoms with E-state index in [1.165, 1.54) is 0 Å². The summed E-state index contributed by atoms with van der Waals surface area (Å²) in [5.74, 6) is -0.779. The van der Waals surface area contributed by atoms with Gasteiger partial charge >= 0.3 is 5.97 Å². The topological polar surface area (TPSA) is 37.3 Å². The molecule has 0 saturated carbocycles. The van der Waals surface area contributed by atoms with E-state index in [1.54, 1.807) is 0 Å². The zero-order valence-corrected chi connectivity index (χ0v) is 7.58. The fraction of sp³-hybridized carbons (Fsp3) is 0.300. The normalized spacial score (nSPS) is 9.92. The molecule has 0 unspecified atom stereocenters. The summed E-state index contributed by atoms with van der Waals surface area (Å²) in [4.78, 5) is 10.3. The number of aliphatic carboxylic acids is 1. The van der Waals surface area contributed by atoms with Crippen molar-refractivity contribution >= 4 is 19.3 Å². The van der Waals surface area contributed by atoms with Crippen LogP contribution in [0, 0.1) is 6.92 Å². The zero-order valence-electron chi connectivity index (χ0n) is 7.58. The molecule has 0 spiro atoms. The van der Waals surface area contributed by atoms with Crippen molar-refractivity contribution in [1.82, 2.24) is 0 Å². The fourth-order valence-electron chi connectivity index (χ4n) is 1.10. The van der Waals surface area contributed by atoms with E-state index < -0.39 is 5.97 Å². The Morgan fingerprint density at radius 3 is 2.77 bits per heavy atom. The van der Waals surface area contributed by atoms with Crippen LogP contribution in [0.2, 0.25) is 0 Å². The fourth-order valence-corrected chi connectivity index (χ4v) is 1.10. The van der Waals surface area contributed by atoms with Gasteiger partial charge in [-0.2, -0.15) is 0 Å². The highest BCUT2D eigenvalue weighted by molar-refractivity contribution is 6.33. The number of hydrogen-bond acceptors (Lipinski definition) is 1. The van der Waals surface area contributed by atoms with Crippen LogP contribution >= 0.6 is 0 Å². The van der Waals surface area contributed by atoms with Crippen molar-refractivity contribution in [1.29, 1.82) is 0 Å². The van der Waals surface area contributed by atoms with Crippen LogP contribution in [0.25, 0.3) is 0 Å². The number of carboxylic acid groups (broad SMARTS) is 1. The van der Waals surface area contributed by atoms with Gasteiger partial charge in [0.05, 0.1) is 0 Å². The lowest BCUT2D eigenvalue weighted by atomic mass is 9.89. The largest absolute Gasteiger partial charge is 0.481 e. The number of carbonyl (C=O) groups is 1. The van der Waals surface area contributed by atoms with Gasteiger partial charge in [-0.25, -0.2) is 0 Å². The summed E-state index contributed by atoms with van der Waals surface area (Å²) in [6, 6.07) is 5.65. The van der Waals surface area contributed by atoms with Crippen LogP contribution in [-0.4, -0.2) is 18.9 Å². The Balaban J connectivity index is 2.68. The highest BCUT2D eigenvalue weighted by Gasteiger charge is 1.99. The van der Waals surface area contributed by atoms with Crippen LogP contribution in [0.3, 0.4) is 0 Å². The first kappa shape index (κ1) is 9.84. The van der Waals surface area contributed by atoms with E-state index >= 15 is 0 Å². The molecule has 1 aromatic carbocycles. The maximum absolute atomic E-state index is 10.3. The van der Waals surface area contributed by atoms with Gasteiger partial charge in [-0.05, 0) is 18.9 Å². The van der Waals surface area contributed by atoms with E-state index in [0.717, 1.165) is 16.6 Å². The Bertz CT molecular complexity index is 321. The summed E-state index contributed by atoms with van der Waals surface area (Å²) in [5, 5.41) is 8.47. The van der Waals surface area contributed by atoms with E-state index in [0.29, 0.717) is 6.42 Å². The van der Waals surface area contributed by atoms with Crippen LogP contribution in [0.4, 0.5) is 0 Å². The number of carboxylic acids is 1. The lowest BCUT2D eigenvalue weighted by molar-refractivity contribution is -0.136. The average Bonchev–Trinajstić information content (AvgIpc) is 2.07. The molecule has 0 amide bonds. The van der Waals surface area contributed by atoms with Gasteiger partial charge in [0.25, 0.3) is 0 Å². The minimum atomic E-state index is -0.779. The number of rotatable bonds is 3. The molecule has 0 bridgehead atoms. The van der Waals surface area contributed by atoms with Crippen molar-refractivity contribution in [2.45, 2.75) is 19.8 Å². The molecule has 0 heterocycles. The maximum atomic E-state index is 10.3. The molecule has 0 aliphatic carbocycles. The first-order valence-corrected chi connectivity index (χ1v) is 4.16. The van der Waals surface area contributed by atoms with Gasteiger partial charge in [-0.15, -0.1) is 0 Å². The molecule has 3 heteroatoms. The molecule has 0 atom stereocenters. The van der Waals surface area contributed by atoms with Gasteiger partial charge in [0.1, 0.15) is 7.85 Å². The molecule has 0 aromatic heterocycles. The Hall–Kier alpha value is -1.25. The van der Waals surface area contributed by atoms with Gasteiger partial charge in [0.15, 0.2) is 0 Å². The van der Waals surface area contributed by atoms with Gasteiger partial charge < -0.3 is 5.11 Å². The van der Waals surface area contributed by atoms with Crippen molar-refractivity contribution in [2.75, 3.05) is 0 Å². The minimum absolute atomic E-state index is 0.155.